The van der Waals surface area contributed by atoms with Crippen molar-refractivity contribution in [3.05, 3.63) is 166 Å². The summed E-state index contributed by atoms with van der Waals surface area (Å²) < 4.78 is 46.8. The number of benzene rings is 6. The first kappa shape index (κ1) is 43.4. The van der Waals surface area contributed by atoms with Crippen LogP contribution in [-0.4, -0.2) is 27.8 Å². The Morgan fingerprint density at radius 2 is 1.47 bits per heavy atom. The van der Waals surface area contributed by atoms with Crippen molar-refractivity contribution in [2.24, 2.45) is 5.92 Å². The molecule has 1 aliphatic rings. The average Bonchev–Trinajstić information content (AvgIpc) is 3.93. The molecule has 0 N–H and O–H groups in total. The molecule has 0 spiro atoms. The van der Waals surface area contributed by atoms with Crippen LogP contribution >= 0.6 is 11.3 Å². The van der Waals surface area contributed by atoms with Crippen molar-refractivity contribution in [1.29, 1.82) is 0 Å². The molecular weight excluding hydrogens is 1080 g/mol. The monoisotopic (exact) mass is 1160 g/mol. The Bertz CT molecular complexity index is 3410. The first-order chi connectivity index (χ1) is 34.1. The van der Waals surface area contributed by atoms with E-state index >= 15 is 0 Å². The Morgan fingerprint density at radius 3 is 2.13 bits per heavy atom. The minimum atomic E-state index is -2.35. The van der Waals surface area contributed by atoms with Crippen LogP contribution in [0, 0.1) is 45.7 Å². The molecule has 1 fully saturated rings. The maximum atomic E-state index is 9.04. The summed E-state index contributed by atoms with van der Waals surface area (Å²) >= 11 is -0.470. The summed E-state index contributed by atoms with van der Waals surface area (Å²) in [5.41, 5.74) is 15.9. The number of imidazole rings is 1. The number of fused-ring (bicyclic) bond motifs is 4. The standard InChI is InChI=1S/C40H37N2S.C22H30GeN.Ir/c1-23(2)31-21-29(28-13-9-8-10-14-28)22-32(24(3)4)38(31)42-34-16-12-11-15-33(34)41-40(42)30-18-17-26(6)37-36-27(7)19-25(5)20-35(36)43-39(30)37;1-17-10-12-19(13-11-17)22-15-20(14-18-8-6-5-7-9-18)21(16-24-22)23(2,3)4;/h8-17,19-24H,1-7H3;10-12,15-16,18H,5-9,14H2,1-4H3;/q2*-1;/i;1D3,14D2;. The van der Waals surface area contributed by atoms with Crippen LogP contribution in [0.1, 0.15) is 117 Å². The van der Waals surface area contributed by atoms with Gasteiger partial charge in [0.2, 0.25) is 0 Å². The number of aryl methyl sites for hydroxylation is 4. The molecule has 3 aromatic heterocycles. The number of rotatable bonds is 9. The second kappa shape index (κ2) is 20.8. The van der Waals surface area contributed by atoms with E-state index in [1.807, 2.05) is 23.6 Å². The van der Waals surface area contributed by atoms with E-state index in [2.05, 4.69) is 172 Å². The van der Waals surface area contributed by atoms with Gasteiger partial charge < -0.3 is 4.57 Å². The zero-order valence-electron chi connectivity index (χ0n) is 46.3. The predicted octanol–water partition coefficient (Wildman–Crippen LogP) is 17.2. The Morgan fingerprint density at radius 1 is 0.765 bits per heavy atom. The smallest absolute Gasteiger partial charge is 0 e. The van der Waals surface area contributed by atoms with Crippen LogP contribution in [0.15, 0.2) is 115 Å². The molecule has 9 aromatic rings. The van der Waals surface area contributed by atoms with Crippen LogP contribution in [0.4, 0.5) is 0 Å². The molecule has 10 rings (SSSR count). The Kier molecular flexibility index (Phi) is 13.2. The molecule has 0 bridgehead atoms. The normalized spacial score (nSPS) is 14.9. The fourth-order valence-electron chi connectivity index (χ4n) is 10.0. The molecular formula is C62H67GeIrN3S-2. The molecule has 0 saturated heterocycles. The Hall–Kier alpha value is -4.65. The molecule has 0 aliphatic heterocycles. The fraction of sp³-hybridized carbons (Fsp3) is 0.323. The number of hydrogen-bond acceptors (Lipinski definition) is 3. The van der Waals surface area contributed by atoms with Crippen LogP contribution in [0.2, 0.25) is 17.3 Å². The van der Waals surface area contributed by atoms with Crippen LogP contribution in [0.3, 0.4) is 0 Å². The topological polar surface area (TPSA) is 30.7 Å². The second-order valence-electron chi connectivity index (χ2n) is 20.4. The molecule has 0 atom stereocenters. The third-order valence-electron chi connectivity index (χ3n) is 13.5. The first-order valence-corrected chi connectivity index (χ1v) is 32.4. The number of pyridine rings is 1. The molecule has 1 aliphatic carbocycles. The molecule has 6 heteroatoms. The van der Waals surface area contributed by atoms with E-state index in [-0.39, 0.29) is 31.6 Å². The van der Waals surface area contributed by atoms with Crippen molar-refractivity contribution in [3.63, 3.8) is 0 Å². The number of para-hydroxylation sites is 2. The molecule has 68 heavy (non-hydrogen) atoms. The van der Waals surface area contributed by atoms with Crippen LogP contribution in [0.25, 0.3) is 70.7 Å². The molecule has 0 amide bonds. The van der Waals surface area contributed by atoms with E-state index in [4.69, 9.17) is 11.8 Å². The SMILES string of the molecule is Cc1cc(C)c2c(c1)sc1c(-c3nc4ccccc4n3-c3c(C(C)C)cc(-c4ccccc4)cc3C(C)C)[c-]cc(C)c12.[2H]C([2H])([2H])c1c[c-]c(-c2cc(C([2H])([2H])C3CCCCC3)[c]([Ge]([CH3])([CH3])[CH3])cn2)cc1.[Ir]. The minimum absolute atomic E-state index is 0. The first-order valence-electron chi connectivity index (χ1n) is 26.7. The number of hydrogen-bond donors (Lipinski definition) is 0. The minimum Gasteiger partial charge on any atom is 0 e. The van der Waals surface area contributed by atoms with Crippen molar-refractivity contribution >= 4 is 60.2 Å². The zero-order chi connectivity index (χ0) is 51.4. The maximum absolute atomic E-state index is 9.04. The quantitative estimate of drug-likeness (QED) is 0.107. The number of aromatic nitrogens is 3. The molecule has 0 unspecified atom stereocenters. The summed E-state index contributed by atoms with van der Waals surface area (Å²) in [7, 11) is 0. The summed E-state index contributed by atoms with van der Waals surface area (Å²) in [5.74, 6) is 8.46. The third-order valence-corrected chi connectivity index (χ3v) is 18.9. The average molecular weight is 1160 g/mol. The van der Waals surface area contributed by atoms with Gasteiger partial charge in [-0.15, -0.1) is 17.7 Å². The van der Waals surface area contributed by atoms with E-state index in [1.54, 1.807) is 12.1 Å². The van der Waals surface area contributed by atoms with Crippen LogP contribution in [-0.2, 0) is 26.5 Å². The van der Waals surface area contributed by atoms with Gasteiger partial charge in [-0.25, -0.2) is 0 Å². The van der Waals surface area contributed by atoms with Crippen molar-refractivity contribution in [3.8, 4) is 39.5 Å². The summed E-state index contributed by atoms with van der Waals surface area (Å²) in [6.07, 6.45) is 5.74. The maximum Gasteiger partial charge on any atom is 0 e. The van der Waals surface area contributed by atoms with E-state index in [1.165, 1.54) is 77.3 Å². The number of nitrogens with zero attached hydrogens (tertiary/aromatic N) is 3. The van der Waals surface area contributed by atoms with Crippen molar-refractivity contribution in [2.75, 3.05) is 0 Å². The van der Waals surface area contributed by atoms with Crippen molar-refractivity contribution < 1.29 is 27.0 Å². The fourth-order valence-corrected chi connectivity index (χ4v) is 14.4. The number of thiophene rings is 1. The van der Waals surface area contributed by atoms with Gasteiger partial charge in [0.25, 0.3) is 0 Å². The van der Waals surface area contributed by atoms with Gasteiger partial charge in [-0.3, -0.25) is 4.98 Å². The van der Waals surface area contributed by atoms with Crippen LogP contribution in [0.5, 0.6) is 0 Å². The summed E-state index contributed by atoms with van der Waals surface area (Å²) in [6.45, 7) is 13.7. The molecule has 1 radical (unpaired) electrons. The van der Waals surface area contributed by atoms with Gasteiger partial charge in [0, 0.05) is 30.5 Å². The second-order valence-corrected chi connectivity index (χ2v) is 32.0. The molecule has 3 heterocycles. The zero-order valence-corrected chi connectivity index (χ0v) is 46.6. The van der Waals surface area contributed by atoms with E-state index < -0.39 is 26.5 Å². The molecule has 3 nitrogen and oxygen atoms in total. The van der Waals surface area contributed by atoms with Gasteiger partial charge in [-0.1, -0.05) is 94.1 Å². The summed E-state index contributed by atoms with van der Waals surface area (Å²) in [6, 6.07) is 44.4. The van der Waals surface area contributed by atoms with Crippen LogP contribution < -0.4 is 4.40 Å². The van der Waals surface area contributed by atoms with Gasteiger partial charge in [0.1, 0.15) is 0 Å². The van der Waals surface area contributed by atoms with E-state index in [0.717, 1.165) is 58.1 Å². The van der Waals surface area contributed by atoms with Crippen molar-refractivity contribution in [2.45, 2.75) is 123 Å². The van der Waals surface area contributed by atoms with Gasteiger partial charge in [0.05, 0.1) is 16.9 Å². The van der Waals surface area contributed by atoms with E-state index in [0.29, 0.717) is 23.1 Å². The Labute approximate surface area is 433 Å². The van der Waals surface area contributed by atoms with Gasteiger partial charge >= 0.3 is 157 Å². The van der Waals surface area contributed by atoms with E-state index in [9.17, 15) is 0 Å². The van der Waals surface area contributed by atoms with Crippen molar-refractivity contribution in [1.82, 2.24) is 14.5 Å². The molecule has 6 aromatic carbocycles. The summed E-state index contributed by atoms with van der Waals surface area (Å²) in [5, 5.41) is 2.69. The molecule has 1 saturated carbocycles. The van der Waals surface area contributed by atoms with Gasteiger partial charge in [0.15, 0.2) is 0 Å². The largest absolute Gasteiger partial charge is 0 e. The predicted molar refractivity (Wildman–Crippen MR) is 293 cm³/mol. The van der Waals surface area contributed by atoms with Gasteiger partial charge in [-0.05, 0) is 99.5 Å². The molecule has 351 valence electrons. The third kappa shape index (κ3) is 10.2. The van der Waals surface area contributed by atoms with Gasteiger partial charge in [-0.2, -0.15) is 11.3 Å². The summed E-state index contributed by atoms with van der Waals surface area (Å²) in [4.78, 5) is 10.0. The Balaban J connectivity index is 0.000000208.